The van der Waals surface area contributed by atoms with Crippen molar-refractivity contribution in [3.8, 4) is 11.5 Å². The highest BCUT2D eigenvalue weighted by molar-refractivity contribution is 5.73. The van der Waals surface area contributed by atoms with Crippen LogP contribution in [0.15, 0.2) is 12.1 Å². The maximum atomic E-state index is 11.2. The van der Waals surface area contributed by atoms with Gasteiger partial charge in [0.2, 0.25) is 0 Å². The Morgan fingerprint density at radius 1 is 0.710 bits per heavy atom. The molecule has 0 aliphatic rings. The minimum Gasteiger partial charge on any atom is -0.504 e. The van der Waals surface area contributed by atoms with E-state index in [1.807, 2.05) is 6.07 Å². The van der Waals surface area contributed by atoms with Crippen LogP contribution in [0.1, 0.15) is 96.6 Å². The van der Waals surface area contributed by atoms with Crippen LogP contribution in [0.3, 0.4) is 0 Å². The van der Waals surface area contributed by atoms with Gasteiger partial charge in [-0.2, -0.15) is 0 Å². The van der Waals surface area contributed by atoms with E-state index in [0.29, 0.717) is 19.3 Å². The van der Waals surface area contributed by atoms with E-state index >= 15 is 0 Å². The Hall–Kier alpha value is -2.24. The van der Waals surface area contributed by atoms with Crippen molar-refractivity contribution in [2.24, 2.45) is 10.8 Å². The first kappa shape index (κ1) is 26.8. The summed E-state index contributed by atoms with van der Waals surface area (Å²) in [4.78, 5) is 22.3. The molecule has 0 spiro atoms. The lowest BCUT2D eigenvalue weighted by Gasteiger charge is -2.19. The topological polar surface area (TPSA) is 115 Å². The van der Waals surface area contributed by atoms with Crippen LogP contribution in [0, 0.1) is 10.8 Å². The Morgan fingerprint density at radius 3 is 1.68 bits per heavy atom. The van der Waals surface area contributed by atoms with Crippen molar-refractivity contribution >= 4 is 11.9 Å². The number of phenols is 2. The molecule has 0 saturated heterocycles. The van der Waals surface area contributed by atoms with E-state index in [1.54, 1.807) is 27.7 Å². The lowest BCUT2D eigenvalue weighted by Crippen LogP contribution is -2.23. The van der Waals surface area contributed by atoms with Crippen molar-refractivity contribution in [2.75, 3.05) is 0 Å². The van der Waals surface area contributed by atoms with E-state index in [0.717, 1.165) is 62.5 Å². The number of aryl methyl sites for hydroxylation is 1. The zero-order valence-electron chi connectivity index (χ0n) is 19.5. The van der Waals surface area contributed by atoms with Gasteiger partial charge < -0.3 is 20.4 Å². The normalized spacial score (nSPS) is 12.1. The van der Waals surface area contributed by atoms with E-state index in [1.165, 1.54) is 6.07 Å². The first-order chi connectivity index (χ1) is 14.4. The molecule has 0 radical (unpaired) electrons. The van der Waals surface area contributed by atoms with E-state index in [-0.39, 0.29) is 11.5 Å². The number of hydrogen-bond donors (Lipinski definition) is 4. The molecule has 6 nitrogen and oxygen atoms in total. The second-order valence-corrected chi connectivity index (χ2v) is 9.92. The first-order valence-electron chi connectivity index (χ1n) is 11.4. The van der Waals surface area contributed by atoms with Crippen LogP contribution >= 0.6 is 0 Å². The van der Waals surface area contributed by atoms with Crippen LogP contribution in [0.4, 0.5) is 0 Å². The second kappa shape index (κ2) is 12.0. The number of benzene rings is 1. The summed E-state index contributed by atoms with van der Waals surface area (Å²) >= 11 is 0. The quantitative estimate of drug-likeness (QED) is 0.200. The maximum absolute atomic E-state index is 11.2. The smallest absolute Gasteiger partial charge is 0.309 e. The van der Waals surface area contributed by atoms with Gasteiger partial charge in [0.25, 0.3) is 0 Å². The first-order valence-corrected chi connectivity index (χ1v) is 11.4. The molecule has 0 aliphatic carbocycles. The molecule has 0 saturated carbocycles. The van der Waals surface area contributed by atoms with Gasteiger partial charge >= 0.3 is 11.9 Å². The van der Waals surface area contributed by atoms with Crippen molar-refractivity contribution in [2.45, 2.75) is 98.3 Å². The molecule has 176 valence electrons. The monoisotopic (exact) mass is 436 g/mol. The fourth-order valence-electron chi connectivity index (χ4n) is 3.67. The van der Waals surface area contributed by atoms with Gasteiger partial charge in [-0.1, -0.05) is 38.2 Å². The van der Waals surface area contributed by atoms with Crippen molar-refractivity contribution in [3.05, 3.63) is 23.3 Å². The van der Waals surface area contributed by atoms with E-state index in [9.17, 15) is 24.9 Å². The summed E-state index contributed by atoms with van der Waals surface area (Å²) in [5, 5.41) is 38.6. The minimum atomic E-state index is -0.785. The third-order valence-corrected chi connectivity index (χ3v) is 6.24. The lowest BCUT2D eigenvalue weighted by atomic mass is 9.86. The van der Waals surface area contributed by atoms with Crippen LogP contribution in [0.5, 0.6) is 11.5 Å². The molecule has 0 atom stereocenters. The highest BCUT2D eigenvalue weighted by atomic mass is 16.4. The predicted octanol–water partition coefficient (Wildman–Crippen LogP) is 5.92. The van der Waals surface area contributed by atoms with Gasteiger partial charge in [0.1, 0.15) is 0 Å². The van der Waals surface area contributed by atoms with E-state index in [4.69, 9.17) is 5.11 Å². The number of phenolic OH excluding ortho intramolecular Hbond substituents is 2. The molecule has 0 unspecified atom stereocenters. The van der Waals surface area contributed by atoms with E-state index < -0.39 is 22.8 Å². The lowest BCUT2D eigenvalue weighted by molar-refractivity contribution is -0.148. The van der Waals surface area contributed by atoms with Crippen molar-refractivity contribution in [1.82, 2.24) is 0 Å². The fourth-order valence-corrected chi connectivity index (χ4v) is 3.67. The molecule has 0 bridgehead atoms. The Bertz CT molecular complexity index is 736. The number of carboxylic acids is 2. The highest BCUT2D eigenvalue weighted by Crippen LogP contribution is 2.34. The van der Waals surface area contributed by atoms with Crippen molar-refractivity contribution in [1.29, 1.82) is 0 Å². The van der Waals surface area contributed by atoms with Crippen LogP contribution in [-0.2, 0) is 22.4 Å². The van der Waals surface area contributed by atoms with Gasteiger partial charge in [-0.15, -0.1) is 0 Å². The van der Waals surface area contributed by atoms with Crippen molar-refractivity contribution in [3.63, 3.8) is 0 Å². The summed E-state index contributed by atoms with van der Waals surface area (Å²) in [6.07, 6.45) is 8.99. The molecule has 0 heterocycles. The average molecular weight is 437 g/mol. The Balaban J connectivity index is 2.49. The largest absolute Gasteiger partial charge is 0.504 e. The molecule has 6 heteroatoms. The molecule has 31 heavy (non-hydrogen) atoms. The van der Waals surface area contributed by atoms with Crippen molar-refractivity contribution < 1.29 is 30.0 Å². The number of hydrogen-bond acceptors (Lipinski definition) is 4. The van der Waals surface area contributed by atoms with Crippen LogP contribution in [0.2, 0.25) is 0 Å². The number of carbonyl (C=O) groups is 2. The summed E-state index contributed by atoms with van der Waals surface area (Å²) in [5.74, 6) is -1.71. The SMILES string of the molecule is CC(C)(CCCCCCc1ccc(O)c(O)c1CCCCCC(C)(C)C(=O)O)C(=O)O. The predicted molar refractivity (Wildman–Crippen MR) is 122 cm³/mol. The Morgan fingerprint density at radius 2 is 1.16 bits per heavy atom. The summed E-state index contributed by atoms with van der Waals surface area (Å²) in [5.41, 5.74) is 0.407. The summed E-state index contributed by atoms with van der Waals surface area (Å²) in [6, 6.07) is 3.39. The fraction of sp³-hybridized carbons (Fsp3) is 0.680. The minimum absolute atomic E-state index is 0.0495. The molecule has 0 aliphatic heterocycles. The van der Waals surface area contributed by atoms with Gasteiger partial charge in [0, 0.05) is 5.56 Å². The molecule has 0 aromatic heterocycles. The van der Waals surface area contributed by atoms with Crippen LogP contribution in [-0.4, -0.2) is 32.4 Å². The number of carboxylic acid groups (broad SMARTS) is 2. The summed E-state index contributed by atoms with van der Waals surface area (Å²) in [6.45, 7) is 6.97. The zero-order chi connectivity index (χ0) is 23.7. The third-order valence-electron chi connectivity index (χ3n) is 6.24. The molecule has 1 aromatic rings. The molecule has 0 fully saturated rings. The molecule has 4 N–H and O–H groups in total. The number of aliphatic carboxylic acids is 2. The number of aromatic hydroxyl groups is 2. The van der Waals surface area contributed by atoms with Gasteiger partial charge in [-0.3, -0.25) is 9.59 Å². The number of rotatable bonds is 15. The second-order valence-electron chi connectivity index (χ2n) is 9.92. The zero-order valence-corrected chi connectivity index (χ0v) is 19.5. The number of unbranched alkanes of at least 4 members (excludes halogenated alkanes) is 5. The van der Waals surface area contributed by atoms with Crippen LogP contribution < -0.4 is 0 Å². The van der Waals surface area contributed by atoms with Gasteiger partial charge in [0.15, 0.2) is 11.5 Å². The highest BCUT2D eigenvalue weighted by Gasteiger charge is 2.26. The molecular formula is C25H40O6. The Kier molecular flexibility index (Phi) is 10.3. The molecule has 1 rings (SSSR count). The van der Waals surface area contributed by atoms with Crippen LogP contribution in [0.25, 0.3) is 0 Å². The molecular weight excluding hydrogens is 396 g/mol. The summed E-state index contributed by atoms with van der Waals surface area (Å²) in [7, 11) is 0. The third kappa shape index (κ3) is 8.80. The molecule has 1 aromatic carbocycles. The van der Waals surface area contributed by atoms with E-state index in [2.05, 4.69) is 0 Å². The van der Waals surface area contributed by atoms with Gasteiger partial charge in [0.05, 0.1) is 10.8 Å². The maximum Gasteiger partial charge on any atom is 0.309 e. The summed E-state index contributed by atoms with van der Waals surface area (Å²) < 4.78 is 0. The molecule has 0 amide bonds. The standard InChI is InChI=1S/C25H40O6/c1-24(2,22(28)29)16-10-6-5-8-12-18-14-15-20(26)21(27)19(18)13-9-7-11-17-25(3,4)23(30)31/h14-15,26-27H,5-13,16-17H2,1-4H3,(H,28,29)(H,30,31). The average Bonchev–Trinajstić information content (AvgIpc) is 2.68. The van der Waals surface area contributed by atoms with Gasteiger partial charge in [-0.05, 0) is 77.8 Å². The Labute approximate surface area is 186 Å². The van der Waals surface area contributed by atoms with Gasteiger partial charge in [-0.25, -0.2) is 0 Å².